The molecule has 9 heteroatoms. The average molecular weight is 408 g/mol. The Morgan fingerprint density at radius 2 is 1.77 bits per heavy atom. The zero-order valence-corrected chi connectivity index (χ0v) is 16.0. The van der Waals surface area contributed by atoms with Crippen molar-refractivity contribution in [1.82, 2.24) is 5.32 Å². The molecule has 2 heterocycles. The third kappa shape index (κ3) is 3.00. The molecule has 154 valence electrons. The fraction of sp³-hybridized carbons (Fsp3) is 0.238. The van der Waals surface area contributed by atoms with E-state index in [-0.39, 0.29) is 5.84 Å². The maximum absolute atomic E-state index is 13.3. The first-order valence-corrected chi connectivity index (χ1v) is 9.30. The zero-order valence-electron chi connectivity index (χ0n) is 16.0. The summed E-state index contributed by atoms with van der Waals surface area (Å²) in [5, 5.41) is 19.8. The van der Waals surface area contributed by atoms with E-state index >= 15 is 0 Å². The highest BCUT2D eigenvalue weighted by Gasteiger charge is 2.66. The Labute approximate surface area is 171 Å². The van der Waals surface area contributed by atoms with E-state index in [1.54, 1.807) is 54.6 Å². The van der Waals surface area contributed by atoms with Gasteiger partial charge in [0.15, 0.2) is 5.72 Å². The molecule has 0 aliphatic carbocycles. The van der Waals surface area contributed by atoms with Gasteiger partial charge in [-0.25, -0.2) is 9.69 Å². The molecule has 4 rings (SSSR count). The second kappa shape index (κ2) is 6.96. The van der Waals surface area contributed by atoms with Gasteiger partial charge >= 0.3 is 6.16 Å². The smallest absolute Gasteiger partial charge is 0.450 e. The van der Waals surface area contributed by atoms with Crippen molar-refractivity contribution in [2.75, 3.05) is 4.90 Å². The first-order chi connectivity index (χ1) is 14.2. The third-order valence-electron chi connectivity index (χ3n) is 5.64. The molecule has 0 spiro atoms. The van der Waals surface area contributed by atoms with Crippen molar-refractivity contribution in [3.05, 3.63) is 65.7 Å². The van der Waals surface area contributed by atoms with Crippen LogP contribution in [0.2, 0.25) is 0 Å². The molecule has 2 saturated heterocycles. The van der Waals surface area contributed by atoms with Crippen LogP contribution in [-0.4, -0.2) is 34.6 Å². The minimum atomic E-state index is -1.59. The third-order valence-corrected chi connectivity index (χ3v) is 5.64. The maximum Gasteiger partial charge on any atom is 0.507 e. The minimum absolute atomic E-state index is 0.0970. The lowest BCUT2D eigenvalue weighted by atomic mass is 9.85. The van der Waals surface area contributed by atoms with Crippen molar-refractivity contribution >= 4 is 29.5 Å². The van der Waals surface area contributed by atoms with Crippen LogP contribution < -0.4 is 16.0 Å². The molecule has 0 bridgehead atoms. The van der Waals surface area contributed by atoms with E-state index in [0.717, 1.165) is 4.90 Å². The molecule has 30 heavy (non-hydrogen) atoms. The van der Waals surface area contributed by atoms with Crippen LogP contribution in [0.4, 0.5) is 10.5 Å². The fourth-order valence-electron chi connectivity index (χ4n) is 4.36. The van der Waals surface area contributed by atoms with E-state index in [2.05, 4.69) is 5.32 Å². The molecular formula is C21H20N4O5. The Balaban J connectivity index is 1.78. The average Bonchev–Trinajstić information content (AvgIpc) is 3.15. The number of carbonyl (C=O) groups excluding carboxylic acids is 2. The van der Waals surface area contributed by atoms with Crippen molar-refractivity contribution in [3.8, 4) is 0 Å². The number of nitrogen functional groups attached to an aromatic ring is 1. The molecule has 4 atom stereocenters. The van der Waals surface area contributed by atoms with E-state index in [1.165, 1.54) is 6.92 Å². The van der Waals surface area contributed by atoms with E-state index < -0.39 is 41.6 Å². The number of rotatable bonds is 4. The minimum Gasteiger partial charge on any atom is -0.450 e. The second-order valence-corrected chi connectivity index (χ2v) is 7.48. The van der Waals surface area contributed by atoms with Crippen LogP contribution in [0.1, 0.15) is 24.1 Å². The molecule has 2 fully saturated rings. The number of nitrogens with one attached hydrogen (secondary N) is 2. The van der Waals surface area contributed by atoms with Gasteiger partial charge in [-0.05, 0) is 24.6 Å². The van der Waals surface area contributed by atoms with Crippen LogP contribution in [0.5, 0.6) is 0 Å². The van der Waals surface area contributed by atoms with Gasteiger partial charge in [0.25, 0.3) is 0 Å². The van der Waals surface area contributed by atoms with Gasteiger partial charge in [-0.15, -0.1) is 0 Å². The Kier molecular flexibility index (Phi) is 4.54. The highest BCUT2D eigenvalue weighted by molar-refractivity contribution is 6.23. The number of benzene rings is 2. The number of carbonyl (C=O) groups is 3. The summed E-state index contributed by atoms with van der Waals surface area (Å²) in [5.41, 5.74) is 5.50. The fourth-order valence-corrected chi connectivity index (χ4v) is 4.36. The topological polar surface area (TPSA) is 146 Å². The molecule has 9 nitrogen and oxygen atoms in total. The van der Waals surface area contributed by atoms with Crippen molar-refractivity contribution in [3.63, 3.8) is 0 Å². The molecule has 0 aromatic heterocycles. The molecule has 2 amide bonds. The number of amides is 2. The normalized spacial score (nSPS) is 27.8. The predicted octanol–water partition coefficient (Wildman–Crippen LogP) is 1.83. The summed E-state index contributed by atoms with van der Waals surface area (Å²) in [4.78, 5) is 39.0. The van der Waals surface area contributed by atoms with Crippen molar-refractivity contribution in [2.45, 2.75) is 18.7 Å². The number of nitrogens with two attached hydrogens (primary N) is 1. The van der Waals surface area contributed by atoms with E-state index in [9.17, 15) is 19.5 Å². The van der Waals surface area contributed by atoms with Gasteiger partial charge in [0.05, 0.1) is 11.6 Å². The standard InChI is InChI=1S/C21H20N4O5/c1-21(30-20(28)29)15-14(16(24-21)11-7-9-12(10-8-11)17(22)23)18(26)25(19(15)27)13-5-3-2-4-6-13/h2-10,14-16,24H,1H3,(H3,22,23)(H,28,29). The summed E-state index contributed by atoms with van der Waals surface area (Å²) in [7, 11) is 0. The molecule has 2 aromatic rings. The number of fused-ring (bicyclic) bond motifs is 1. The van der Waals surface area contributed by atoms with Gasteiger partial charge < -0.3 is 15.6 Å². The SMILES string of the molecule is CC1(OC(=O)O)NC(c2ccc(C(=N)N)cc2)C2C(=O)N(c3ccccc3)C(=O)C21. The van der Waals surface area contributed by atoms with Crippen LogP contribution in [0.15, 0.2) is 54.6 Å². The summed E-state index contributed by atoms with van der Waals surface area (Å²) in [5.74, 6) is -2.93. The van der Waals surface area contributed by atoms with Gasteiger partial charge in [-0.1, -0.05) is 42.5 Å². The quantitative estimate of drug-likeness (QED) is 0.261. The Bertz CT molecular complexity index is 1040. The van der Waals surface area contributed by atoms with Crippen molar-refractivity contribution in [2.24, 2.45) is 17.6 Å². The first kappa shape index (κ1) is 19.6. The van der Waals surface area contributed by atoms with Crippen molar-refractivity contribution in [1.29, 1.82) is 5.41 Å². The van der Waals surface area contributed by atoms with Crippen LogP contribution in [0, 0.1) is 17.2 Å². The molecule has 0 radical (unpaired) electrons. The molecule has 2 aromatic carbocycles. The molecular weight excluding hydrogens is 388 g/mol. The van der Waals surface area contributed by atoms with Gasteiger partial charge in [0, 0.05) is 11.6 Å². The Morgan fingerprint density at radius 1 is 1.13 bits per heavy atom. The van der Waals surface area contributed by atoms with Gasteiger partial charge in [0.1, 0.15) is 11.8 Å². The van der Waals surface area contributed by atoms with Crippen LogP contribution in [0.3, 0.4) is 0 Å². The van der Waals surface area contributed by atoms with Crippen LogP contribution in [0.25, 0.3) is 0 Å². The lowest BCUT2D eigenvalue weighted by molar-refractivity contribution is -0.129. The lowest BCUT2D eigenvalue weighted by Gasteiger charge is -2.29. The molecule has 4 unspecified atom stereocenters. The lowest BCUT2D eigenvalue weighted by Crippen LogP contribution is -2.50. The predicted molar refractivity (Wildman–Crippen MR) is 107 cm³/mol. The number of nitrogens with zero attached hydrogens (tertiary/aromatic N) is 1. The number of para-hydroxylation sites is 1. The van der Waals surface area contributed by atoms with E-state index in [1.807, 2.05) is 0 Å². The summed E-state index contributed by atoms with van der Waals surface area (Å²) >= 11 is 0. The summed E-state index contributed by atoms with van der Waals surface area (Å²) in [6.45, 7) is 1.46. The number of anilines is 1. The molecule has 5 N–H and O–H groups in total. The maximum atomic E-state index is 13.3. The monoisotopic (exact) mass is 408 g/mol. The van der Waals surface area contributed by atoms with E-state index in [4.69, 9.17) is 15.9 Å². The van der Waals surface area contributed by atoms with Gasteiger partial charge in [0.2, 0.25) is 11.8 Å². The van der Waals surface area contributed by atoms with Crippen LogP contribution >= 0.6 is 0 Å². The zero-order chi connectivity index (χ0) is 21.6. The van der Waals surface area contributed by atoms with E-state index in [0.29, 0.717) is 16.8 Å². The van der Waals surface area contributed by atoms with Crippen molar-refractivity contribution < 1.29 is 24.2 Å². The number of carboxylic acid groups (broad SMARTS) is 1. The molecule has 2 aliphatic rings. The van der Waals surface area contributed by atoms with Gasteiger partial charge in [-0.3, -0.25) is 20.3 Å². The highest BCUT2D eigenvalue weighted by Crippen LogP contribution is 2.49. The number of hydrogen-bond donors (Lipinski definition) is 4. The summed E-state index contributed by atoms with van der Waals surface area (Å²) in [6, 6.07) is 14.5. The Hall–Kier alpha value is -3.72. The largest absolute Gasteiger partial charge is 0.507 e. The summed E-state index contributed by atoms with van der Waals surface area (Å²) < 4.78 is 5.08. The highest BCUT2D eigenvalue weighted by atomic mass is 16.7. The number of ether oxygens (including phenoxy) is 1. The van der Waals surface area contributed by atoms with Crippen LogP contribution in [-0.2, 0) is 14.3 Å². The molecule has 2 aliphatic heterocycles. The molecule has 0 saturated carbocycles. The second-order valence-electron chi connectivity index (χ2n) is 7.48. The summed E-state index contributed by atoms with van der Waals surface area (Å²) in [6.07, 6.45) is -1.55. The first-order valence-electron chi connectivity index (χ1n) is 9.30. The van der Waals surface area contributed by atoms with Gasteiger partial charge in [-0.2, -0.15) is 0 Å². The number of amidine groups is 1. The number of imide groups is 1. The Morgan fingerprint density at radius 3 is 2.33 bits per heavy atom. The number of hydrogen-bond acceptors (Lipinski definition) is 6.